The van der Waals surface area contributed by atoms with Crippen molar-refractivity contribution in [3.63, 3.8) is 0 Å². The van der Waals surface area contributed by atoms with E-state index >= 15 is 0 Å². The van der Waals surface area contributed by atoms with Crippen LogP contribution in [0.25, 0.3) is 0 Å². The van der Waals surface area contributed by atoms with Gasteiger partial charge >= 0.3 is 5.97 Å². The van der Waals surface area contributed by atoms with Gasteiger partial charge in [-0.1, -0.05) is 18.2 Å². The number of hydrogen-bond acceptors (Lipinski definition) is 2. The number of nitrogens with zero attached hydrogens (tertiary/aromatic N) is 1. The fourth-order valence-electron chi connectivity index (χ4n) is 2.87. The summed E-state index contributed by atoms with van der Waals surface area (Å²) < 4.78 is 0. The van der Waals surface area contributed by atoms with E-state index in [1.54, 1.807) is 0 Å². The largest absolute Gasteiger partial charge is 0.480 e. The first-order valence-electron chi connectivity index (χ1n) is 7.57. The number of likely N-dealkylation sites (tertiary alicyclic amines) is 1. The van der Waals surface area contributed by atoms with Crippen molar-refractivity contribution in [3.8, 4) is 0 Å². The van der Waals surface area contributed by atoms with Crippen LogP contribution < -0.4 is 0 Å². The number of rotatable bonds is 5. The summed E-state index contributed by atoms with van der Waals surface area (Å²) in [5, 5.41) is 9.10. The SMILES string of the molecule is Cc1ccc(CCCC(=O)N2CCCC2C(=O)O)cc1C. The van der Waals surface area contributed by atoms with E-state index in [0.29, 0.717) is 19.4 Å². The zero-order chi connectivity index (χ0) is 15.4. The first kappa shape index (κ1) is 15.5. The highest BCUT2D eigenvalue weighted by Crippen LogP contribution is 2.19. The molecule has 1 aromatic carbocycles. The highest BCUT2D eigenvalue weighted by Gasteiger charge is 2.33. The van der Waals surface area contributed by atoms with Crippen molar-refractivity contribution >= 4 is 11.9 Å². The number of carboxylic acids is 1. The Morgan fingerprint density at radius 3 is 2.71 bits per heavy atom. The predicted molar refractivity (Wildman–Crippen MR) is 81.2 cm³/mol. The van der Waals surface area contributed by atoms with Crippen molar-refractivity contribution in [2.45, 2.75) is 52.0 Å². The summed E-state index contributed by atoms with van der Waals surface area (Å²) in [6.07, 6.45) is 3.43. The van der Waals surface area contributed by atoms with Gasteiger partial charge in [-0.05, 0) is 56.2 Å². The molecular formula is C17H23NO3. The molecule has 1 N–H and O–H groups in total. The lowest BCUT2D eigenvalue weighted by Crippen LogP contribution is -2.40. The molecular weight excluding hydrogens is 266 g/mol. The summed E-state index contributed by atoms with van der Waals surface area (Å²) in [5.41, 5.74) is 3.78. The number of carbonyl (C=O) groups is 2. The highest BCUT2D eigenvalue weighted by atomic mass is 16.4. The average Bonchev–Trinajstić information content (AvgIpc) is 2.92. The highest BCUT2D eigenvalue weighted by molar-refractivity contribution is 5.84. The fourth-order valence-corrected chi connectivity index (χ4v) is 2.87. The Morgan fingerprint density at radius 2 is 2.05 bits per heavy atom. The molecule has 21 heavy (non-hydrogen) atoms. The summed E-state index contributed by atoms with van der Waals surface area (Å²) in [5.74, 6) is -0.904. The van der Waals surface area contributed by atoms with Gasteiger partial charge in [0.05, 0.1) is 0 Å². The maximum atomic E-state index is 12.1. The first-order chi connectivity index (χ1) is 9.99. The van der Waals surface area contributed by atoms with Gasteiger partial charge in [0.15, 0.2) is 0 Å². The molecule has 1 fully saturated rings. The molecule has 2 rings (SSSR count). The van der Waals surface area contributed by atoms with Crippen molar-refractivity contribution in [2.24, 2.45) is 0 Å². The molecule has 4 nitrogen and oxygen atoms in total. The van der Waals surface area contributed by atoms with Crippen LogP contribution in [0.5, 0.6) is 0 Å². The van der Waals surface area contributed by atoms with Crippen LogP contribution in [0, 0.1) is 13.8 Å². The van der Waals surface area contributed by atoms with E-state index < -0.39 is 12.0 Å². The molecule has 0 saturated carbocycles. The smallest absolute Gasteiger partial charge is 0.326 e. The van der Waals surface area contributed by atoms with E-state index in [4.69, 9.17) is 5.11 Å². The standard InChI is InChI=1S/C17H23NO3/c1-12-8-9-14(11-13(12)2)5-3-7-16(19)18-10-4-6-15(18)17(20)21/h8-9,11,15H,3-7,10H2,1-2H3,(H,20,21). The van der Waals surface area contributed by atoms with Crippen LogP contribution in [-0.4, -0.2) is 34.5 Å². The minimum Gasteiger partial charge on any atom is -0.480 e. The number of amides is 1. The van der Waals surface area contributed by atoms with Crippen LogP contribution >= 0.6 is 0 Å². The lowest BCUT2D eigenvalue weighted by molar-refractivity contribution is -0.148. The van der Waals surface area contributed by atoms with Gasteiger partial charge < -0.3 is 10.0 Å². The quantitative estimate of drug-likeness (QED) is 0.906. The molecule has 1 atom stereocenters. The molecule has 1 unspecified atom stereocenters. The monoisotopic (exact) mass is 289 g/mol. The van der Waals surface area contributed by atoms with Crippen LogP contribution in [0.15, 0.2) is 18.2 Å². The van der Waals surface area contributed by atoms with Crippen LogP contribution in [0.2, 0.25) is 0 Å². The maximum absolute atomic E-state index is 12.1. The van der Waals surface area contributed by atoms with Gasteiger partial charge in [-0.3, -0.25) is 4.79 Å². The molecule has 1 saturated heterocycles. The Labute approximate surface area is 125 Å². The molecule has 1 amide bonds. The van der Waals surface area contributed by atoms with Crippen molar-refractivity contribution < 1.29 is 14.7 Å². The van der Waals surface area contributed by atoms with Crippen LogP contribution in [-0.2, 0) is 16.0 Å². The van der Waals surface area contributed by atoms with E-state index in [2.05, 4.69) is 32.0 Å². The summed E-state index contributed by atoms with van der Waals surface area (Å²) in [4.78, 5) is 24.8. The van der Waals surface area contributed by atoms with Crippen molar-refractivity contribution in [2.75, 3.05) is 6.54 Å². The summed E-state index contributed by atoms with van der Waals surface area (Å²) in [6, 6.07) is 5.75. The summed E-state index contributed by atoms with van der Waals surface area (Å²) in [6.45, 7) is 4.76. The van der Waals surface area contributed by atoms with Gasteiger partial charge in [-0.25, -0.2) is 4.79 Å². The topological polar surface area (TPSA) is 57.6 Å². The van der Waals surface area contributed by atoms with E-state index in [-0.39, 0.29) is 5.91 Å². The Bertz CT molecular complexity index is 539. The Kier molecular flexibility index (Phi) is 4.99. The summed E-state index contributed by atoms with van der Waals surface area (Å²) in [7, 11) is 0. The Hall–Kier alpha value is -1.84. The molecule has 1 heterocycles. The molecule has 0 radical (unpaired) electrons. The second-order valence-corrected chi connectivity index (χ2v) is 5.86. The minimum atomic E-state index is -0.880. The molecule has 0 bridgehead atoms. The average molecular weight is 289 g/mol. The molecule has 0 spiro atoms. The lowest BCUT2D eigenvalue weighted by Gasteiger charge is -2.21. The minimum absolute atomic E-state index is 0.0243. The Morgan fingerprint density at radius 1 is 1.29 bits per heavy atom. The molecule has 1 aliphatic heterocycles. The number of hydrogen-bond donors (Lipinski definition) is 1. The zero-order valence-corrected chi connectivity index (χ0v) is 12.8. The first-order valence-corrected chi connectivity index (χ1v) is 7.57. The number of aliphatic carboxylic acids is 1. The molecule has 0 aliphatic carbocycles. The van der Waals surface area contributed by atoms with Gasteiger partial charge in [0, 0.05) is 13.0 Å². The van der Waals surface area contributed by atoms with Gasteiger partial charge in [0.25, 0.3) is 0 Å². The van der Waals surface area contributed by atoms with Crippen molar-refractivity contribution in [3.05, 3.63) is 34.9 Å². The number of aryl methyl sites for hydroxylation is 3. The molecule has 1 aliphatic rings. The molecule has 114 valence electrons. The second-order valence-electron chi connectivity index (χ2n) is 5.86. The number of carboxylic acid groups (broad SMARTS) is 1. The van der Waals surface area contributed by atoms with E-state index in [1.165, 1.54) is 21.6 Å². The van der Waals surface area contributed by atoms with Gasteiger partial charge in [-0.15, -0.1) is 0 Å². The third-order valence-corrected chi connectivity index (χ3v) is 4.29. The van der Waals surface area contributed by atoms with Gasteiger partial charge in [0.1, 0.15) is 6.04 Å². The van der Waals surface area contributed by atoms with E-state index in [0.717, 1.165) is 19.3 Å². The normalized spacial score (nSPS) is 18.0. The molecule has 1 aromatic rings. The van der Waals surface area contributed by atoms with E-state index in [1.807, 2.05) is 0 Å². The Balaban J connectivity index is 1.84. The number of carbonyl (C=O) groups excluding carboxylic acids is 1. The molecule has 0 aromatic heterocycles. The predicted octanol–water partition coefficient (Wildman–Crippen LogP) is 2.70. The van der Waals surface area contributed by atoms with Crippen LogP contribution in [0.4, 0.5) is 0 Å². The number of benzene rings is 1. The van der Waals surface area contributed by atoms with Crippen molar-refractivity contribution in [1.29, 1.82) is 0 Å². The van der Waals surface area contributed by atoms with Gasteiger partial charge in [0.2, 0.25) is 5.91 Å². The lowest BCUT2D eigenvalue weighted by atomic mass is 10.0. The zero-order valence-electron chi connectivity index (χ0n) is 12.8. The molecule has 4 heteroatoms. The summed E-state index contributed by atoms with van der Waals surface area (Å²) >= 11 is 0. The van der Waals surface area contributed by atoms with Crippen molar-refractivity contribution in [1.82, 2.24) is 4.90 Å². The van der Waals surface area contributed by atoms with Crippen LogP contribution in [0.1, 0.15) is 42.4 Å². The third-order valence-electron chi connectivity index (χ3n) is 4.29. The fraction of sp³-hybridized carbons (Fsp3) is 0.529. The van der Waals surface area contributed by atoms with Gasteiger partial charge in [-0.2, -0.15) is 0 Å². The van der Waals surface area contributed by atoms with Crippen LogP contribution in [0.3, 0.4) is 0 Å². The second kappa shape index (κ2) is 6.74. The third kappa shape index (κ3) is 3.84. The van der Waals surface area contributed by atoms with E-state index in [9.17, 15) is 9.59 Å². The maximum Gasteiger partial charge on any atom is 0.326 e.